The van der Waals surface area contributed by atoms with Gasteiger partial charge in [0.25, 0.3) is 5.91 Å². The summed E-state index contributed by atoms with van der Waals surface area (Å²) in [4.78, 5) is 20.8. The van der Waals surface area contributed by atoms with Crippen molar-refractivity contribution in [2.75, 3.05) is 17.7 Å². The van der Waals surface area contributed by atoms with Gasteiger partial charge < -0.3 is 15.4 Å². The van der Waals surface area contributed by atoms with Gasteiger partial charge in [-0.1, -0.05) is 12.0 Å². The number of aryl methyl sites for hydroxylation is 1. The van der Waals surface area contributed by atoms with E-state index in [9.17, 15) is 13.2 Å². The minimum Gasteiger partial charge on any atom is -0.463 e. The zero-order valence-electron chi connectivity index (χ0n) is 18.4. The first-order valence-corrected chi connectivity index (χ1v) is 12.2. The van der Waals surface area contributed by atoms with Crippen molar-refractivity contribution in [3.8, 4) is 18.2 Å². The average molecular weight is 468 g/mol. The highest BCUT2D eigenvalue weighted by atomic mass is 32.2. The number of aromatic nitrogens is 2. The fraction of sp³-hybridized carbons (Fsp3) is 0.391. The number of sulfone groups is 1. The van der Waals surface area contributed by atoms with Crippen LogP contribution in [-0.2, 0) is 21.8 Å². The summed E-state index contributed by atoms with van der Waals surface area (Å²) < 4.78 is 30.0. The molecular formula is C23H25N5O4S. The van der Waals surface area contributed by atoms with E-state index in [-0.39, 0.29) is 29.8 Å². The van der Waals surface area contributed by atoms with E-state index in [1.807, 2.05) is 6.07 Å². The summed E-state index contributed by atoms with van der Waals surface area (Å²) in [7, 11) is -3.57. The van der Waals surface area contributed by atoms with E-state index in [4.69, 9.17) is 16.6 Å². The Kier molecular flexibility index (Phi) is 5.62. The number of amidine groups is 1. The molecule has 0 unspecified atom stereocenters. The molecule has 33 heavy (non-hydrogen) atoms. The molecule has 4 rings (SSSR count). The number of amides is 1. The number of terminal acetylenes is 1. The molecule has 0 radical (unpaired) electrons. The summed E-state index contributed by atoms with van der Waals surface area (Å²) >= 11 is 0. The Labute approximate surface area is 192 Å². The number of hydrogen-bond acceptors (Lipinski definition) is 7. The third-order valence-electron chi connectivity index (χ3n) is 6.28. The molecule has 1 fully saturated rings. The molecule has 0 saturated carbocycles. The van der Waals surface area contributed by atoms with Crippen LogP contribution in [0.4, 0.5) is 5.69 Å². The van der Waals surface area contributed by atoms with Crippen molar-refractivity contribution in [2.24, 2.45) is 0 Å². The van der Waals surface area contributed by atoms with Crippen molar-refractivity contribution in [1.82, 2.24) is 15.3 Å². The summed E-state index contributed by atoms with van der Waals surface area (Å²) in [6, 6.07) is 5.46. The first kappa shape index (κ1) is 22.7. The van der Waals surface area contributed by atoms with Crippen LogP contribution in [0.15, 0.2) is 30.6 Å². The smallest absolute Gasteiger partial charge is 0.275 e. The molecule has 2 aromatic rings. The van der Waals surface area contributed by atoms with Crippen LogP contribution < -0.4 is 15.4 Å². The highest BCUT2D eigenvalue weighted by Gasteiger charge is 2.53. The van der Waals surface area contributed by atoms with Crippen LogP contribution in [0.25, 0.3) is 0 Å². The summed E-state index contributed by atoms with van der Waals surface area (Å²) in [5, 5.41) is 14.4. The number of nitrogens with zero attached hydrogens (tertiary/aromatic N) is 2. The minimum absolute atomic E-state index is 0.0153. The Morgan fingerprint density at radius 1 is 1.33 bits per heavy atom. The molecule has 2 aliphatic rings. The van der Waals surface area contributed by atoms with Gasteiger partial charge >= 0.3 is 0 Å². The highest BCUT2D eigenvalue weighted by Crippen LogP contribution is 2.42. The number of nitrogens with one attached hydrogen (secondary N) is 3. The Balaban J connectivity index is 1.61. The fourth-order valence-corrected chi connectivity index (χ4v) is 5.96. The van der Waals surface area contributed by atoms with Gasteiger partial charge in [-0.15, -0.1) is 6.42 Å². The maximum Gasteiger partial charge on any atom is 0.275 e. The molecule has 1 aromatic heterocycles. The average Bonchev–Trinajstić information content (AvgIpc) is 2.77. The van der Waals surface area contributed by atoms with E-state index in [2.05, 4.69) is 26.5 Å². The van der Waals surface area contributed by atoms with E-state index in [0.717, 1.165) is 24.0 Å². The molecule has 172 valence electrons. The van der Waals surface area contributed by atoms with Crippen molar-refractivity contribution in [3.05, 3.63) is 47.4 Å². The molecule has 1 spiro atoms. The summed E-state index contributed by atoms with van der Waals surface area (Å²) in [6.45, 7) is 3.15. The van der Waals surface area contributed by atoms with Gasteiger partial charge in [-0.3, -0.25) is 10.2 Å². The van der Waals surface area contributed by atoms with Crippen LogP contribution in [0.3, 0.4) is 0 Å². The second kappa shape index (κ2) is 8.15. The van der Waals surface area contributed by atoms with E-state index >= 15 is 0 Å². The number of benzene rings is 1. The first-order valence-electron chi connectivity index (χ1n) is 10.5. The van der Waals surface area contributed by atoms with E-state index in [1.165, 1.54) is 12.4 Å². The lowest BCUT2D eigenvalue weighted by atomic mass is 9.76. The number of carbonyl (C=O) groups excluding carboxylic acids is 1. The zero-order valence-corrected chi connectivity index (χ0v) is 19.3. The predicted molar refractivity (Wildman–Crippen MR) is 124 cm³/mol. The number of carbonyl (C=O) groups is 1. The molecule has 9 nitrogen and oxygen atoms in total. The van der Waals surface area contributed by atoms with Crippen molar-refractivity contribution in [3.63, 3.8) is 0 Å². The van der Waals surface area contributed by atoms with Crippen molar-refractivity contribution < 1.29 is 17.9 Å². The van der Waals surface area contributed by atoms with E-state index in [1.54, 1.807) is 26.0 Å². The maximum atomic E-state index is 13.1. The van der Waals surface area contributed by atoms with Gasteiger partial charge in [-0.05, 0) is 56.4 Å². The van der Waals surface area contributed by atoms with Crippen LogP contribution in [0.5, 0.6) is 5.88 Å². The highest BCUT2D eigenvalue weighted by molar-refractivity contribution is 7.93. The van der Waals surface area contributed by atoms with Crippen LogP contribution in [0.2, 0.25) is 0 Å². The molecule has 3 N–H and O–H groups in total. The number of ether oxygens (including phenoxy) is 1. The normalized spacial score (nSPS) is 22.5. The van der Waals surface area contributed by atoms with Crippen LogP contribution >= 0.6 is 0 Å². The summed E-state index contributed by atoms with van der Waals surface area (Å²) in [5.74, 6) is 1.95. The van der Waals surface area contributed by atoms with E-state index in [0.29, 0.717) is 12.1 Å². The quantitative estimate of drug-likeness (QED) is 0.586. The molecule has 1 aliphatic carbocycles. The molecule has 2 heterocycles. The lowest BCUT2D eigenvalue weighted by molar-refractivity contribution is 0.102. The maximum absolute atomic E-state index is 13.1. The van der Waals surface area contributed by atoms with Crippen LogP contribution in [0.1, 0.15) is 48.3 Å². The van der Waals surface area contributed by atoms with Gasteiger partial charge in [0.15, 0.2) is 16.4 Å². The van der Waals surface area contributed by atoms with Gasteiger partial charge in [-0.2, -0.15) is 0 Å². The van der Waals surface area contributed by atoms with Gasteiger partial charge in [0.2, 0.25) is 5.88 Å². The Bertz CT molecular complexity index is 1260. The van der Waals surface area contributed by atoms with Crippen LogP contribution in [0, 0.1) is 17.8 Å². The number of hydrogen-bond donors (Lipinski definition) is 3. The molecule has 1 saturated heterocycles. The molecule has 10 heteroatoms. The molecule has 1 atom stereocenters. The first-order chi connectivity index (χ1) is 15.6. The summed E-state index contributed by atoms with van der Waals surface area (Å²) in [5.41, 5.74) is 1.50. The number of fused-ring (bicyclic) bond motifs is 2. The SMILES string of the molecule is C#CCOc1cnc(C(=O)Nc2ccc3c(c2)[C@]2(CCC3)CS(=O)(=O)C(C)(C)C(=N)N2)cn1. The fourth-order valence-electron chi connectivity index (χ4n) is 4.22. The Morgan fingerprint density at radius 2 is 2.12 bits per heavy atom. The third-order valence-corrected chi connectivity index (χ3v) is 8.91. The molecule has 1 aliphatic heterocycles. The number of anilines is 1. The van der Waals surface area contributed by atoms with Gasteiger partial charge in [0.05, 0.1) is 23.7 Å². The molecule has 1 amide bonds. The summed E-state index contributed by atoms with van der Waals surface area (Å²) in [6.07, 6.45) is 9.94. The largest absolute Gasteiger partial charge is 0.463 e. The van der Waals surface area contributed by atoms with Crippen molar-refractivity contribution >= 4 is 27.3 Å². The Morgan fingerprint density at radius 3 is 2.79 bits per heavy atom. The van der Waals surface area contributed by atoms with Gasteiger partial charge in [-0.25, -0.2) is 18.4 Å². The standard InChI is InChI=1S/C23H25N5O4S/c1-4-10-32-19-13-25-18(12-26-19)20(29)27-16-8-7-15-6-5-9-23(17(15)11-16)14-33(30,31)22(2,3)21(24)28-23/h1,7-8,11-13H,5-6,9-10,14H2,2-3H3,(H2,24,28)(H,27,29)/t23-/m0/s1. The van der Waals surface area contributed by atoms with Gasteiger partial charge in [0.1, 0.15) is 16.3 Å². The topological polar surface area (TPSA) is 134 Å². The van der Waals surface area contributed by atoms with Gasteiger partial charge in [0, 0.05) is 5.69 Å². The molecule has 0 bridgehead atoms. The lowest BCUT2D eigenvalue weighted by Crippen LogP contribution is -2.65. The second-order valence-corrected chi connectivity index (χ2v) is 11.3. The lowest BCUT2D eigenvalue weighted by Gasteiger charge is -2.47. The zero-order chi connectivity index (χ0) is 23.9. The minimum atomic E-state index is -3.57. The van der Waals surface area contributed by atoms with Crippen molar-refractivity contribution in [2.45, 2.75) is 43.4 Å². The molecule has 1 aromatic carbocycles. The number of rotatable bonds is 4. The second-order valence-electron chi connectivity index (χ2n) is 8.76. The van der Waals surface area contributed by atoms with E-state index < -0.39 is 26.0 Å². The predicted octanol–water partition coefficient (Wildman–Crippen LogP) is 2.05. The third kappa shape index (κ3) is 4.04. The Hall–Kier alpha value is -3.45. The van der Waals surface area contributed by atoms with Crippen molar-refractivity contribution in [1.29, 1.82) is 5.41 Å². The monoisotopic (exact) mass is 467 g/mol. The van der Waals surface area contributed by atoms with Crippen LogP contribution in [-0.4, -0.2) is 47.2 Å². The molecular weight excluding hydrogens is 442 g/mol.